The van der Waals surface area contributed by atoms with Crippen molar-refractivity contribution in [2.24, 2.45) is 50.3 Å². The van der Waals surface area contributed by atoms with E-state index in [1.165, 1.54) is 36.1 Å². The van der Waals surface area contributed by atoms with Crippen LogP contribution in [0.25, 0.3) is 0 Å². The molecule has 1 saturated heterocycles. The number of aliphatic hydroxyl groups excluding tert-OH is 1. The molecule has 63 heavy (non-hydrogen) atoms. The molecule has 1 aromatic rings. The van der Waals surface area contributed by atoms with Gasteiger partial charge >= 0.3 is 0 Å². The van der Waals surface area contributed by atoms with Crippen molar-refractivity contribution in [2.45, 2.75) is 121 Å². The van der Waals surface area contributed by atoms with E-state index >= 15 is 0 Å². The molecule has 1 aliphatic rings. The molecule has 0 spiro atoms. The summed E-state index contributed by atoms with van der Waals surface area (Å²) >= 11 is 0. The van der Waals surface area contributed by atoms with Gasteiger partial charge in [-0.1, -0.05) is 26.0 Å². The fourth-order valence-corrected chi connectivity index (χ4v) is 6.77. The molecule has 2 rings (SSSR count). The summed E-state index contributed by atoms with van der Waals surface area (Å²) in [7, 11) is 0. The third-order valence-corrected chi connectivity index (χ3v) is 10.0. The summed E-state index contributed by atoms with van der Waals surface area (Å²) in [6.45, 7) is 4.83. The summed E-state index contributed by atoms with van der Waals surface area (Å²) in [5.41, 5.74) is 33.7. The summed E-state index contributed by atoms with van der Waals surface area (Å²) in [6, 6.07) is -2.51. The van der Waals surface area contributed by atoms with Crippen molar-refractivity contribution in [3.05, 3.63) is 29.8 Å². The largest absolute Gasteiger partial charge is 0.508 e. The van der Waals surface area contributed by atoms with Crippen LogP contribution < -0.4 is 61.0 Å². The number of hydrogen-bond acceptors (Lipinski definition) is 13. The second kappa shape index (κ2) is 27.1. The Morgan fingerprint density at radius 2 is 1.22 bits per heavy atom. The minimum absolute atomic E-state index is 0.0486. The van der Waals surface area contributed by atoms with Gasteiger partial charge in [-0.3, -0.25) is 43.5 Å². The number of guanidine groups is 2. The lowest BCUT2D eigenvalue weighted by Crippen LogP contribution is -2.60. The van der Waals surface area contributed by atoms with Crippen LogP contribution in [0.5, 0.6) is 5.75 Å². The van der Waals surface area contributed by atoms with Gasteiger partial charge in [0.2, 0.25) is 35.4 Å². The molecule has 1 heterocycles. The minimum atomic E-state index is -1.49. The highest BCUT2D eigenvalue weighted by atomic mass is 16.3. The average Bonchev–Trinajstić information content (AvgIpc) is 3.72. The standard InChI is InChI=1S/C40H68N14O9/c1-22(2)19-28(35(60)50-27(8-5-17-48-40(45)46)38(63)54-18-6-9-31(54)32(57)14-15-41)51-34(59)26(7-4-16-47-39(43)44)49-36(61)29(20-24-10-12-25(56)13-11-24)52-37(62)30(21-55)53-33(58)23(3)42/h10-13,22-23,26-31,55-56H,4-9,14-21,41-42H2,1-3H3,(H,49,61)(H,50,60)(H,51,59)(H,52,62)(H,53,58)(H4,43,44,47)(H4,45,46,48)/t23-,26+,27-,28-,29-,30-,31-/m0/s1. The number of hydrogen-bond donors (Lipinski definition) is 13. The first-order chi connectivity index (χ1) is 29.8. The molecule has 0 aromatic heterocycles. The van der Waals surface area contributed by atoms with Gasteiger partial charge in [0, 0.05) is 32.5 Å². The lowest BCUT2D eigenvalue weighted by atomic mass is 10.00. The predicted molar refractivity (Wildman–Crippen MR) is 235 cm³/mol. The van der Waals surface area contributed by atoms with E-state index < -0.39 is 84.3 Å². The molecule has 7 atom stereocenters. The zero-order valence-electron chi connectivity index (χ0n) is 36.4. The van der Waals surface area contributed by atoms with Gasteiger partial charge in [0.25, 0.3) is 0 Å². The molecule has 23 heteroatoms. The van der Waals surface area contributed by atoms with Crippen molar-refractivity contribution < 1.29 is 43.8 Å². The number of rotatable bonds is 27. The number of ketones is 1. The van der Waals surface area contributed by atoms with Gasteiger partial charge < -0.3 is 76.1 Å². The molecule has 1 aliphatic heterocycles. The molecule has 0 bridgehead atoms. The Labute approximate surface area is 367 Å². The van der Waals surface area contributed by atoms with Crippen molar-refractivity contribution in [3.8, 4) is 5.75 Å². The Balaban J connectivity index is 2.46. The first-order valence-electron chi connectivity index (χ1n) is 21.1. The van der Waals surface area contributed by atoms with Crippen molar-refractivity contribution in [3.63, 3.8) is 0 Å². The van der Waals surface area contributed by atoms with Gasteiger partial charge in [-0.2, -0.15) is 0 Å². The van der Waals surface area contributed by atoms with Gasteiger partial charge in [0.15, 0.2) is 17.7 Å². The van der Waals surface area contributed by atoms with Crippen molar-refractivity contribution >= 4 is 53.1 Å². The number of likely N-dealkylation sites (tertiary alicyclic amines) is 1. The maximum absolute atomic E-state index is 14.2. The monoisotopic (exact) mass is 889 g/mol. The number of carbonyl (C=O) groups excluding carboxylic acids is 7. The number of phenols is 1. The summed E-state index contributed by atoms with van der Waals surface area (Å²) in [5.74, 6) is -5.24. The van der Waals surface area contributed by atoms with Crippen LogP contribution in [0.4, 0.5) is 0 Å². The van der Waals surface area contributed by atoms with Crippen molar-refractivity contribution in [1.82, 2.24) is 31.5 Å². The Morgan fingerprint density at radius 1 is 0.730 bits per heavy atom. The van der Waals surface area contributed by atoms with Gasteiger partial charge in [0.05, 0.1) is 18.7 Å². The lowest BCUT2D eigenvalue weighted by Gasteiger charge is -2.30. The fraction of sp³-hybridized carbons (Fsp3) is 0.625. The maximum atomic E-state index is 14.2. The molecular formula is C40H68N14O9. The molecule has 23 nitrogen and oxygen atoms in total. The van der Waals surface area contributed by atoms with Crippen LogP contribution in [0, 0.1) is 5.92 Å². The zero-order chi connectivity index (χ0) is 47.2. The Hall–Kier alpha value is -6.07. The summed E-state index contributed by atoms with van der Waals surface area (Å²) in [4.78, 5) is 104. The van der Waals surface area contributed by atoms with Crippen LogP contribution in [0.3, 0.4) is 0 Å². The van der Waals surface area contributed by atoms with E-state index in [0.29, 0.717) is 24.9 Å². The van der Waals surface area contributed by atoms with E-state index in [0.717, 1.165) is 0 Å². The number of aromatic hydroxyl groups is 1. The fourth-order valence-electron chi connectivity index (χ4n) is 6.77. The van der Waals surface area contributed by atoms with Gasteiger partial charge in [-0.25, -0.2) is 0 Å². The molecule has 0 unspecified atom stereocenters. The molecule has 19 N–H and O–H groups in total. The lowest BCUT2D eigenvalue weighted by molar-refractivity contribution is -0.141. The van der Waals surface area contributed by atoms with Gasteiger partial charge in [0.1, 0.15) is 36.0 Å². The topological polar surface area (TPSA) is 404 Å². The number of amides is 6. The third-order valence-electron chi connectivity index (χ3n) is 10.0. The van der Waals surface area contributed by atoms with Crippen LogP contribution >= 0.6 is 0 Å². The highest BCUT2D eigenvalue weighted by Crippen LogP contribution is 2.22. The van der Waals surface area contributed by atoms with E-state index in [1.54, 1.807) is 0 Å². The number of benzene rings is 1. The highest BCUT2D eigenvalue weighted by molar-refractivity contribution is 5.97. The number of carbonyl (C=O) groups is 7. The zero-order valence-corrected chi connectivity index (χ0v) is 36.4. The van der Waals surface area contributed by atoms with Gasteiger partial charge in [-0.05, 0) is 82.0 Å². The first-order valence-corrected chi connectivity index (χ1v) is 21.1. The molecule has 352 valence electrons. The van der Waals surface area contributed by atoms with Crippen LogP contribution in [0.1, 0.15) is 77.7 Å². The molecule has 0 saturated carbocycles. The number of nitrogens with one attached hydrogen (secondary N) is 5. The van der Waals surface area contributed by atoms with E-state index in [4.69, 9.17) is 34.4 Å². The smallest absolute Gasteiger partial charge is 0.245 e. The molecule has 0 aliphatic carbocycles. The number of Topliss-reactive ketones (excluding diaryl/α,β-unsaturated/α-hetero) is 1. The highest BCUT2D eigenvalue weighted by Gasteiger charge is 2.38. The van der Waals surface area contributed by atoms with Crippen molar-refractivity contribution in [1.29, 1.82) is 0 Å². The average molecular weight is 889 g/mol. The van der Waals surface area contributed by atoms with Crippen LogP contribution in [0.15, 0.2) is 34.3 Å². The van der Waals surface area contributed by atoms with E-state index in [1.807, 2.05) is 13.8 Å². The maximum Gasteiger partial charge on any atom is 0.245 e. The quantitative estimate of drug-likeness (QED) is 0.0226. The molecule has 1 aromatic carbocycles. The summed E-state index contributed by atoms with van der Waals surface area (Å²) in [6.07, 6.45) is 1.57. The first kappa shape index (κ1) is 53.1. The number of phenolic OH excluding ortho intramolecular Hbond substituents is 1. The number of aliphatic imine (C=N–C) groups is 2. The van der Waals surface area contributed by atoms with E-state index in [-0.39, 0.29) is 93.9 Å². The number of aliphatic hydroxyl groups is 1. The third kappa shape index (κ3) is 18.8. The van der Waals surface area contributed by atoms with Crippen molar-refractivity contribution in [2.75, 3.05) is 32.8 Å². The minimum Gasteiger partial charge on any atom is -0.508 e. The number of nitrogens with zero attached hydrogens (tertiary/aromatic N) is 3. The summed E-state index contributed by atoms with van der Waals surface area (Å²) < 4.78 is 0. The van der Waals surface area contributed by atoms with E-state index in [9.17, 15) is 43.8 Å². The molecule has 0 radical (unpaired) electrons. The Kier molecular flexibility index (Phi) is 22.8. The SMILES string of the molecule is CC(C)C[C@H](NC(=O)[C@@H](CCCN=C(N)N)NC(=O)[C@H](Cc1ccc(O)cc1)NC(=O)[C@H](CO)NC(=O)[C@H](C)N)C(=O)N[C@@H](CCCN=C(N)N)C(=O)N1CCC[C@H]1C(=O)CCN. The molecular weight excluding hydrogens is 821 g/mol. The van der Waals surface area contributed by atoms with Crippen LogP contribution in [0.2, 0.25) is 0 Å². The Bertz CT molecular complexity index is 1750. The van der Waals surface area contributed by atoms with E-state index in [2.05, 4.69) is 36.6 Å². The summed E-state index contributed by atoms with van der Waals surface area (Å²) in [5, 5.41) is 32.8. The van der Waals surface area contributed by atoms with Crippen LogP contribution in [-0.2, 0) is 40.0 Å². The normalized spacial score (nSPS) is 16.3. The second-order valence-corrected chi connectivity index (χ2v) is 15.9. The Morgan fingerprint density at radius 3 is 1.76 bits per heavy atom. The molecule has 1 fully saturated rings. The second-order valence-electron chi connectivity index (χ2n) is 15.9. The van der Waals surface area contributed by atoms with Crippen LogP contribution in [-0.4, -0.2) is 143 Å². The number of nitrogens with two attached hydrogens (primary N) is 6. The molecule has 6 amide bonds. The van der Waals surface area contributed by atoms with Gasteiger partial charge in [-0.15, -0.1) is 0 Å². The predicted octanol–water partition coefficient (Wildman–Crippen LogP) is -4.24.